The summed E-state index contributed by atoms with van der Waals surface area (Å²) in [7, 11) is 0. The summed E-state index contributed by atoms with van der Waals surface area (Å²) in [6.07, 6.45) is 0. The Morgan fingerprint density at radius 1 is 1.14 bits per heavy atom. The zero-order chi connectivity index (χ0) is 15.6. The number of aromatic carboxylic acids is 1. The van der Waals surface area contributed by atoms with Crippen LogP contribution in [0.25, 0.3) is 0 Å². The molecule has 2 aromatic rings. The van der Waals surface area contributed by atoms with E-state index in [9.17, 15) is 14.7 Å². The molecular weight excluding hydrogens is 362 g/mol. The summed E-state index contributed by atoms with van der Waals surface area (Å²) in [6.45, 7) is 0. The molecule has 0 spiro atoms. The first-order valence-corrected chi connectivity index (χ1v) is 6.89. The smallest absolute Gasteiger partial charge is 0.339 e. The van der Waals surface area contributed by atoms with Gasteiger partial charge in [-0.15, -0.1) is 0 Å². The third-order valence-electron chi connectivity index (χ3n) is 2.68. The standard InChI is InChI=1S/C14H9BrClNO4/c15-10-3-1-2-9(12(10)16)13(19)17-7-4-5-8(14(20)21)11(18)6-7/h1-6,18H,(H,17,19)(H,20,21). The number of phenols is 1. The number of carbonyl (C=O) groups excluding carboxylic acids is 1. The van der Waals surface area contributed by atoms with Crippen LogP contribution < -0.4 is 5.32 Å². The van der Waals surface area contributed by atoms with Crippen molar-refractivity contribution < 1.29 is 19.8 Å². The molecule has 5 nitrogen and oxygen atoms in total. The number of nitrogens with one attached hydrogen (secondary N) is 1. The van der Waals surface area contributed by atoms with E-state index in [4.69, 9.17) is 16.7 Å². The molecule has 0 heterocycles. The fourth-order valence-corrected chi connectivity index (χ4v) is 2.25. The minimum Gasteiger partial charge on any atom is -0.507 e. The third-order valence-corrected chi connectivity index (χ3v) is 3.98. The number of halogens is 2. The molecule has 0 aliphatic rings. The zero-order valence-corrected chi connectivity index (χ0v) is 12.8. The first kappa shape index (κ1) is 15.3. The molecule has 3 N–H and O–H groups in total. The van der Waals surface area contributed by atoms with Crippen LogP contribution >= 0.6 is 27.5 Å². The second-order valence-electron chi connectivity index (χ2n) is 4.09. The van der Waals surface area contributed by atoms with E-state index in [2.05, 4.69) is 21.2 Å². The highest BCUT2D eigenvalue weighted by Crippen LogP contribution is 2.27. The fourth-order valence-electron chi connectivity index (χ4n) is 1.67. The van der Waals surface area contributed by atoms with Gasteiger partial charge in [0.1, 0.15) is 11.3 Å². The van der Waals surface area contributed by atoms with E-state index < -0.39 is 17.6 Å². The van der Waals surface area contributed by atoms with E-state index in [1.54, 1.807) is 18.2 Å². The van der Waals surface area contributed by atoms with E-state index in [0.29, 0.717) is 4.47 Å². The van der Waals surface area contributed by atoms with E-state index in [1.165, 1.54) is 12.1 Å². The van der Waals surface area contributed by atoms with Gasteiger partial charge in [0.05, 0.1) is 10.6 Å². The summed E-state index contributed by atoms with van der Waals surface area (Å²) >= 11 is 9.24. The van der Waals surface area contributed by atoms with Crippen molar-refractivity contribution >= 4 is 45.1 Å². The second kappa shape index (κ2) is 6.15. The number of aromatic hydroxyl groups is 1. The molecule has 0 atom stereocenters. The summed E-state index contributed by atoms with van der Waals surface area (Å²) in [5.74, 6) is -2.15. The molecule has 0 aromatic heterocycles. The third kappa shape index (κ3) is 3.34. The number of carboxylic acid groups (broad SMARTS) is 1. The number of carboxylic acids is 1. The molecule has 108 valence electrons. The quantitative estimate of drug-likeness (QED) is 0.768. The average molecular weight is 371 g/mol. The Labute approximate surface area is 133 Å². The van der Waals surface area contributed by atoms with Gasteiger partial charge >= 0.3 is 5.97 Å². The zero-order valence-electron chi connectivity index (χ0n) is 10.4. The van der Waals surface area contributed by atoms with Gasteiger partial charge in [-0.1, -0.05) is 17.7 Å². The van der Waals surface area contributed by atoms with Crippen LogP contribution in [0, 0.1) is 0 Å². The number of hydrogen-bond donors (Lipinski definition) is 3. The molecule has 2 rings (SSSR count). The van der Waals surface area contributed by atoms with Crippen molar-refractivity contribution in [2.45, 2.75) is 0 Å². The van der Waals surface area contributed by atoms with Crippen molar-refractivity contribution in [3.8, 4) is 5.75 Å². The Balaban J connectivity index is 2.26. The van der Waals surface area contributed by atoms with Crippen LogP contribution in [0.4, 0.5) is 5.69 Å². The lowest BCUT2D eigenvalue weighted by molar-refractivity contribution is 0.0693. The summed E-state index contributed by atoms with van der Waals surface area (Å²) in [5, 5.41) is 21.2. The maximum absolute atomic E-state index is 12.1. The van der Waals surface area contributed by atoms with E-state index in [1.807, 2.05) is 0 Å². The average Bonchev–Trinajstić information content (AvgIpc) is 2.41. The molecule has 0 aliphatic carbocycles. The van der Waals surface area contributed by atoms with Crippen molar-refractivity contribution in [3.63, 3.8) is 0 Å². The predicted molar refractivity (Wildman–Crippen MR) is 82.2 cm³/mol. The highest BCUT2D eigenvalue weighted by molar-refractivity contribution is 9.10. The van der Waals surface area contributed by atoms with Crippen molar-refractivity contribution in [1.82, 2.24) is 0 Å². The van der Waals surface area contributed by atoms with Crippen LogP contribution in [-0.4, -0.2) is 22.1 Å². The van der Waals surface area contributed by atoms with Crippen LogP contribution in [0.15, 0.2) is 40.9 Å². The maximum Gasteiger partial charge on any atom is 0.339 e. The first-order valence-electron chi connectivity index (χ1n) is 5.72. The fraction of sp³-hybridized carbons (Fsp3) is 0. The lowest BCUT2D eigenvalue weighted by atomic mass is 10.1. The van der Waals surface area contributed by atoms with Crippen LogP contribution in [0.2, 0.25) is 5.02 Å². The second-order valence-corrected chi connectivity index (χ2v) is 5.32. The molecule has 7 heteroatoms. The predicted octanol–water partition coefficient (Wildman–Crippen LogP) is 3.76. The van der Waals surface area contributed by atoms with E-state index in [0.717, 1.165) is 6.07 Å². The summed E-state index contributed by atoms with van der Waals surface area (Å²) in [5.41, 5.74) is 0.278. The minimum atomic E-state index is -1.25. The molecular formula is C14H9BrClNO4. The van der Waals surface area contributed by atoms with Gasteiger partial charge in [0, 0.05) is 16.2 Å². The molecule has 0 bridgehead atoms. The molecule has 2 aromatic carbocycles. The van der Waals surface area contributed by atoms with Crippen LogP contribution in [-0.2, 0) is 0 Å². The van der Waals surface area contributed by atoms with Crippen molar-refractivity contribution in [2.24, 2.45) is 0 Å². The van der Waals surface area contributed by atoms with Crippen LogP contribution in [0.3, 0.4) is 0 Å². The molecule has 0 saturated heterocycles. The Bertz CT molecular complexity index is 733. The van der Waals surface area contributed by atoms with Crippen molar-refractivity contribution in [2.75, 3.05) is 5.32 Å². The normalized spacial score (nSPS) is 10.2. The van der Waals surface area contributed by atoms with Crippen LogP contribution in [0.1, 0.15) is 20.7 Å². The Morgan fingerprint density at radius 3 is 2.48 bits per heavy atom. The monoisotopic (exact) mass is 369 g/mol. The van der Waals surface area contributed by atoms with E-state index >= 15 is 0 Å². The molecule has 0 radical (unpaired) electrons. The van der Waals surface area contributed by atoms with Gasteiger partial charge in [-0.2, -0.15) is 0 Å². The highest BCUT2D eigenvalue weighted by Gasteiger charge is 2.14. The number of benzene rings is 2. The van der Waals surface area contributed by atoms with Crippen molar-refractivity contribution in [1.29, 1.82) is 0 Å². The van der Waals surface area contributed by atoms with Crippen LogP contribution in [0.5, 0.6) is 5.75 Å². The summed E-state index contributed by atoms with van der Waals surface area (Å²) in [4.78, 5) is 22.9. The van der Waals surface area contributed by atoms with Gasteiger partial charge in [0.25, 0.3) is 5.91 Å². The molecule has 21 heavy (non-hydrogen) atoms. The Kier molecular flexibility index (Phi) is 4.50. The summed E-state index contributed by atoms with van der Waals surface area (Å²) in [6, 6.07) is 8.66. The van der Waals surface area contributed by atoms with Gasteiger partial charge < -0.3 is 15.5 Å². The number of anilines is 1. The highest BCUT2D eigenvalue weighted by atomic mass is 79.9. The lowest BCUT2D eigenvalue weighted by Crippen LogP contribution is -2.12. The molecule has 0 saturated carbocycles. The van der Waals surface area contributed by atoms with Gasteiger partial charge in [-0.25, -0.2) is 4.79 Å². The molecule has 0 fully saturated rings. The molecule has 0 aliphatic heterocycles. The number of rotatable bonds is 3. The molecule has 0 unspecified atom stereocenters. The maximum atomic E-state index is 12.1. The van der Waals surface area contributed by atoms with Gasteiger partial charge in [0.2, 0.25) is 0 Å². The SMILES string of the molecule is O=C(O)c1ccc(NC(=O)c2cccc(Br)c2Cl)cc1O. The number of amides is 1. The largest absolute Gasteiger partial charge is 0.507 e. The summed E-state index contributed by atoms with van der Waals surface area (Å²) < 4.78 is 0.584. The van der Waals surface area contributed by atoms with Crippen molar-refractivity contribution in [3.05, 3.63) is 57.0 Å². The van der Waals surface area contributed by atoms with Gasteiger partial charge in [0.15, 0.2) is 0 Å². The number of carbonyl (C=O) groups is 2. The Hall–Kier alpha value is -2.05. The lowest BCUT2D eigenvalue weighted by Gasteiger charge is -2.09. The number of hydrogen-bond acceptors (Lipinski definition) is 3. The first-order chi connectivity index (χ1) is 9.90. The topological polar surface area (TPSA) is 86.6 Å². The van der Waals surface area contributed by atoms with Gasteiger partial charge in [-0.05, 0) is 40.2 Å². The minimum absolute atomic E-state index is 0.242. The molecule has 1 amide bonds. The van der Waals surface area contributed by atoms with Gasteiger partial charge in [-0.3, -0.25) is 4.79 Å². The Morgan fingerprint density at radius 2 is 1.86 bits per heavy atom. The van der Waals surface area contributed by atoms with E-state index in [-0.39, 0.29) is 21.8 Å².